The maximum Gasteiger partial charge on any atom is 0.410 e. The molecule has 0 bridgehead atoms. The number of esters is 1. The van der Waals surface area contributed by atoms with Gasteiger partial charge in [-0.1, -0.05) is 6.07 Å². The van der Waals surface area contributed by atoms with E-state index in [4.69, 9.17) is 9.47 Å². The first-order chi connectivity index (χ1) is 13.2. The van der Waals surface area contributed by atoms with Crippen LogP contribution in [0.4, 0.5) is 9.18 Å². The number of amides is 1. The molecule has 0 aromatic heterocycles. The van der Waals surface area contributed by atoms with Crippen LogP contribution in [-0.2, 0) is 20.7 Å². The molecular weight excluding hydrogens is 441 g/mol. The zero-order valence-electron chi connectivity index (χ0n) is 18.1. The number of hydrogen-bond donors (Lipinski definition) is 0. The average molecular weight is 472 g/mol. The maximum atomic E-state index is 13.6. The van der Waals surface area contributed by atoms with Crippen LogP contribution in [0.2, 0.25) is 0 Å². The standard InChI is InChI=1S/C22H31BrFNO4/c1-21(2,3)28-19(26)16(11-14-7-8-18(24)17(23)12-14)15-9-10-25(13-15)20(27)29-22(4,5)6/h7-8,12,15-16H,9-11,13H2,1-6H3/t15-,16-/m0/s1. The Morgan fingerprint density at radius 3 is 2.34 bits per heavy atom. The van der Waals surface area contributed by atoms with Crippen LogP contribution in [-0.4, -0.2) is 41.3 Å². The zero-order chi connectivity index (χ0) is 22.0. The van der Waals surface area contributed by atoms with Crippen LogP contribution in [0.25, 0.3) is 0 Å². The van der Waals surface area contributed by atoms with Gasteiger partial charge in [-0.05, 0) is 93.9 Å². The van der Waals surface area contributed by atoms with Crippen molar-refractivity contribution in [3.8, 4) is 0 Å². The molecule has 1 amide bonds. The summed E-state index contributed by atoms with van der Waals surface area (Å²) in [6, 6.07) is 4.75. The molecule has 2 atom stereocenters. The first-order valence-electron chi connectivity index (χ1n) is 9.90. The lowest BCUT2D eigenvalue weighted by molar-refractivity contribution is -0.161. The van der Waals surface area contributed by atoms with E-state index in [2.05, 4.69) is 15.9 Å². The highest BCUT2D eigenvalue weighted by Gasteiger charge is 2.39. The van der Waals surface area contributed by atoms with Crippen LogP contribution in [0.1, 0.15) is 53.5 Å². The number of hydrogen-bond acceptors (Lipinski definition) is 4. The summed E-state index contributed by atoms with van der Waals surface area (Å²) in [6.07, 6.45) is 0.735. The first-order valence-corrected chi connectivity index (χ1v) is 10.7. The van der Waals surface area contributed by atoms with Gasteiger partial charge in [-0.25, -0.2) is 9.18 Å². The van der Waals surface area contributed by atoms with Gasteiger partial charge in [0.2, 0.25) is 0 Å². The van der Waals surface area contributed by atoms with Gasteiger partial charge in [0.05, 0.1) is 10.4 Å². The van der Waals surface area contributed by atoms with E-state index in [-0.39, 0.29) is 23.8 Å². The highest BCUT2D eigenvalue weighted by atomic mass is 79.9. The van der Waals surface area contributed by atoms with Crippen LogP contribution >= 0.6 is 15.9 Å². The number of halogens is 2. The molecule has 2 rings (SSSR count). The van der Waals surface area contributed by atoms with E-state index in [1.165, 1.54) is 6.07 Å². The fourth-order valence-corrected chi connectivity index (χ4v) is 3.77. The van der Waals surface area contributed by atoms with E-state index < -0.39 is 17.1 Å². The Labute approximate surface area is 181 Å². The third-order valence-electron chi connectivity index (χ3n) is 4.59. The van der Waals surface area contributed by atoms with E-state index in [1.54, 1.807) is 17.0 Å². The van der Waals surface area contributed by atoms with Crippen LogP contribution in [0.3, 0.4) is 0 Å². The summed E-state index contributed by atoms with van der Waals surface area (Å²) in [4.78, 5) is 27.0. The van der Waals surface area contributed by atoms with Crippen molar-refractivity contribution in [3.05, 3.63) is 34.1 Å². The molecule has 7 heteroatoms. The zero-order valence-corrected chi connectivity index (χ0v) is 19.6. The lowest BCUT2D eigenvalue weighted by atomic mass is 9.86. The minimum Gasteiger partial charge on any atom is -0.460 e. The molecule has 0 saturated carbocycles. The van der Waals surface area contributed by atoms with Gasteiger partial charge in [0.25, 0.3) is 0 Å². The number of nitrogens with zero attached hydrogens (tertiary/aromatic N) is 1. The summed E-state index contributed by atoms with van der Waals surface area (Å²) in [7, 11) is 0. The molecule has 0 aliphatic carbocycles. The number of carbonyl (C=O) groups excluding carboxylic acids is 2. The average Bonchev–Trinajstić information content (AvgIpc) is 3.02. The lowest BCUT2D eigenvalue weighted by Gasteiger charge is -2.28. The van der Waals surface area contributed by atoms with Gasteiger partial charge in [-0.15, -0.1) is 0 Å². The third kappa shape index (κ3) is 7.28. The van der Waals surface area contributed by atoms with Crippen molar-refractivity contribution in [2.45, 2.75) is 65.6 Å². The normalized spacial score (nSPS) is 18.5. The Bertz CT molecular complexity index is 754. The second kappa shape index (κ2) is 9.02. The van der Waals surface area contributed by atoms with Gasteiger partial charge in [0, 0.05) is 13.1 Å². The molecule has 0 N–H and O–H groups in total. The monoisotopic (exact) mass is 471 g/mol. The van der Waals surface area contributed by atoms with E-state index >= 15 is 0 Å². The van der Waals surface area contributed by atoms with Gasteiger partial charge < -0.3 is 14.4 Å². The largest absolute Gasteiger partial charge is 0.460 e. The molecule has 5 nitrogen and oxygen atoms in total. The molecule has 1 saturated heterocycles. The number of carbonyl (C=O) groups is 2. The summed E-state index contributed by atoms with van der Waals surface area (Å²) < 4.78 is 25.1. The first kappa shape index (κ1) is 23.6. The topological polar surface area (TPSA) is 55.8 Å². The van der Waals surface area contributed by atoms with Crippen molar-refractivity contribution in [2.75, 3.05) is 13.1 Å². The Morgan fingerprint density at radius 1 is 1.17 bits per heavy atom. The minimum atomic E-state index is -0.609. The molecule has 1 heterocycles. The number of likely N-dealkylation sites (tertiary alicyclic amines) is 1. The van der Waals surface area contributed by atoms with Crippen molar-refractivity contribution < 1.29 is 23.5 Å². The number of benzene rings is 1. The fraction of sp³-hybridized carbons (Fsp3) is 0.636. The quantitative estimate of drug-likeness (QED) is 0.555. The molecule has 1 aliphatic heterocycles. The fourth-order valence-electron chi connectivity index (χ4n) is 3.35. The Morgan fingerprint density at radius 2 is 1.79 bits per heavy atom. The second-order valence-electron chi connectivity index (χ2n) is 9.57. The highest BCUT2D eigenvalue weighted by Crippen LogP contribution is 2.31. The Hall–Kier alpha value is -1.63. The smallest absolute Gasteiger partial charge is 0.410 e. The predicted molar refractivity (Wildman–Crippen MR) is 113 cm³/mol. The second-order valence-corrected chi connectivity index (χ2v) is 10.4. The molecule has 0 unspecified atom stereocenters. The molecule has 1 aromatic carbocycles. The Kier molecular flexibility index (Phi) is 7.36. The van der Waals surface area contributed by atoms with E-state index in [1.807, 2.05) is 41.5 Å². The molecule has 29 heavy (non-hydrogen) atoms. The molecule has 1 aromatic rings. The Balaban J connectivity index is 2.18. The molecule has 1 aliphatic rings. The molecule has 1 fully saturated rings. The van der Waals surface area contributed by atoms with Gasteiger partial charge in [-0.2, -0.15) is 0 Å². The highest BCUT2D eigenvalue weighted by molar-refractivity contribution is 9.10. The predicted octanol–water partition coefficient (Wildman–Crippen LogP) is 5.35. The summed E-state index contributed by atoms with van der Waals surface area (Å²) in [6.45, 7) is 11.9. The van der Waals surface area contributed by atoms with E-state index in [0.29, 0.717) is 30.4 Å². The maximum absolute atomic E-state index is 13.6. The summed E-state index contributed by atoms with van der Waals surface area (Å²) >= 11 is 3.20. The number of rotatable bonds is 4. The van der Waals surface area contributed by atoms with Crippen LogP contribution < -0.4 is 0 Å². The van der Waals surface area contributed by atoms with Crippen LogP contribution in [0, 0.1) is 17.7 Å². The van der Waals surface area contributed by atoms with Crippen molar-refractivity contribution in [1.82, 2.24) is 4.90 Å². The summed E-state index contributed by atoms with van der Waals surface area (Å²) in [5, 5.41) is 0. The summed E-state index contributed by atoms with van der Waals surface area (Å²) in [5.74, 6) is -1.13. The molecular formula is C22H31BrFNO4. The van der Waals surface area contributed by atoms with Crippen molar-refractivity contribution in [1.29, 1.82) is 0 Å². The third-order valence-corrected chi connectivity index (χ3v) is 5.20. The van der Waals surface area contributed by atoms with Crippen molar-refractivity contribution in [3.63, 3.8) is 0 Å². The SMILES string of the molecule is CC(C)(C)OC(=O)[C@@H](Cc1ccc(F)c(Br)c1)[C@H]1CCN(C(=O)OC(C)(C)C)C1. The van der Waals surface area contributed by atoms with E-state index in [9.17, 15) is 14.0 Å². The summed E-state index contributed by atoms with van der Waals surface area (Å²) in [5.41, 5.74) is -0.340. The van der Waals surface area contributed by atoms with Gasteiger partial charge in [0.15, 0.2) is 0 Å². The molecule has 0 radical (unpaired) electrons. The lowest BCUT2D eigenvalue weighted by Crippen LogP contribution is -2.38. The van der Waals surface area contributed by atoms with Crippen molar-refractivity contribution in [2.24, 2.45) is 11.8 Å². The van der Waals surface area contributed by atoms with Gasteiger partial charge in [0.1, 0.15) is 17.0 Å². The van der Waals surface area contributed by atoms with Crippen LogP contribution in [0.5, 0.6) is 0 Å². The molecule has 162 valence electrons. The van der Waals surface area contributed by atoms with Crippen molar-refractivity contribution >= 4 is 28.0 Å². The molecule has 0 spiro atoms. The van der Waals surface area contributed by atoms with E-state index in [0.717, 1.165) is 5.56 Å². The van der Waals surface area contributed by atoms with Crippen LogP contribution in [0.15, 0.2) is 22.7 Å². The minimum absolute atomic E-state index is 0.0544. The van der Waals surface area contributed by atoms with Gasteiger partial charge >= 0.3 is 12.1 Å². The van der Waals surface area contributed by atoms with Gasteiger partial charge in [-0.3, -0.25) is 4.79 Å². The number of ether oxygens (including phenoxy) is 2.